The number of amides is 1. The second kappa shape index (κ2) is 6.73. The summed E-state index contributed by atoms with van der Waals surface area (Å²) in [6.07, 6.45) is 0.571. The molecule has 1 unspecified atom stereocenters. The molecule has 0 aliphatic carbocycles. The second-order valence-corrected chi connectivity index (χ2v) is 4.59. The third-order valence-corrected chi connectivity index (χ3v) is 3.01. The molecule has 0 radical (unpaired) electrons. The molecule has 0 aliphatic heterocycles. The smallest absolute Gasteiger partial charge is 0.251 e. The highest BCUT2D eigenvalue weighted by atomic mass is 16.3. The van der Waals surface area contributed by atoms with Crippen molar-refractivity contribution in [1.29, 1.82) is 0 Å². The van der Waals surface area contributed by atoms with Crippen LogP contribution < -0.4 is 5.32 Å². The Morgan fingerprint density at radius 3 is 2.30 bits per heavy atom. The van der Waals surface area contributed by atoms with Crippen molar-refractivity contribution < 1.29 is 15.0 Å². The Hall–Kier alpha value is -2.33. The lowest BCUT2D eigenvalue weighted by Gasteiger charge is -2.16. The fourth-order valence-electron chi connectivity index (χ4n) is 1.94. The third kappa shape index (κ3) is 3.83. The van der Waals surface area contributed by atoms with Crippen LogP contribution in [0.25, 0.3) is 0 Å². The average Bonchev–Trinajstić information content (AvgIpc) is 2.48. The standard InChI is InChI=1S/C16H17NO3/c18-11-14(10-12-4-2-1-3-5-12)17-16(20)13-6-8-15(19)9-7-13/h1-9,14,18-19H,10-11H2,(H,17,20). The Morgan fingerprint density at radius 1 is 1.05 bits per heavy atom. The van der Waals surface area contributed by atoms with Crippen molar-refractivity contribution >= 4 is 5.91 Å². The van der Waals surface area contributed by atoms with Crippen LogP contribution in [0.1, 0.15) is 15.9 Å². The monoisotopic (exact) mass is 271 g/mol. The van der Waals surface area contributed by atoms with E-state index in [-0.39, 0.29) is 24.3 Å². The zero-order chi connectivity index (χ0) is 14.4. The van der Waals surface area contributed by atoms with Gasteiger partial charge in [-0.1, -0.05) is 30.3 Å². The fraction of sp³-hybridized carbons (Fsp3) is 0.188. The molecule has 0 aliphatic rings. The molecule has 0 saturated carbocycles. The van der Waals surface area contributed by atoms with E-state index in [1.165, 1.54) is 12.1 Å². The molecule has 0 aromatic heterocycles. The van der Waals surface area contributed by atoms with Gasteiger partial charge in [-0.05, 0) is 36.2 Å². The van der Waals surface area contributed by atoms with Crippen LogP contribution in [0, 0.1) is 0 Å². The highest BCUT2D eigenvalue weighted by molar-refractivity contribution is 5.94. The molecule has 20 heavy (non-hydrogen) atoms. The van der Waals surface area contributed by atoms with Crippen molar-refractivity contribution in [1.82, 2.24) is 5.32 Å². The first-order valence-electron chi connectivity index (χ1n) is 6.43. The topological polar surface area (TPSA) is 69.6 Å². The molecule has 2 aromatic rings. The lowest BCUT2D eigenvalue weighted by atomic mass is 10.1. The van der Waals surface area contributed by atoms with Gasteiger partial charge in [-0.3, -0.25) is 4.79 Å². The van der Waals surface area contributed by atoms with Crippen LogP contribution in [0.2, 0.25) is 0 Å². The molecule has 0 saturated heterocycles. The van der Waals surface area contributed by atoms with Gasteiger partial charge in [-0.15, -0.1) is 0 Å². The molecule has 0 fully saturated rings. The SMILES string of the molecule is O=C(NC(CO)Cc1ccccc1)c1ccc(O)cc1. The Balaban J connectivity index is 1.99. The number of benzene rings is 2. The van der Waals surface area contributed by atoms with Crippen LogP contribution in [0.5, 0.6) is 5.75 Å². The number of hydrogen-bond acceptors (Lipinski definition) is 3. The molecule has 3 N–H and O–H groups in total. The lowest BCUT2D eigenvalue weighted by Crippen LogP contribution is -2.39. The van der Waals surface area contributed by atoms with Crippen LogP contribution >= 0.6 is 0 Å². The quantitative estimate of drug-likeness (QED) is 0.775. The highest BCUT2D eigenvalue weighted by Crippen LogP contribution is 2.10. The van der Waals surface area contributed by atoms with Crippen molar-refractivity contribution in [2.75, 3.05) is 6.61 Å². The van der Waals surface area contributed by atoms with Gasteiger partial charge >= 0.3 is 0 Å². The van der Waals surface area contributed by atoms with E-state index < -0.39 is 0 Å². The van der Waals surface area contributed by atoms with Crippen molar-refractivity contribution in [3.63, 3.8) is 0 Å². The van der Waals surface area contributed by atoms with Gasteiger partial charge < -0.3 is 15.5 Å². The van der Waals surface area contributed by atoms with Gasteiger partial charge in [-0.25, -0.2) is 0 Å². The molecule has 2 rings (SSSR count). The summed E-state index contributed by atoms with van der Waals surface area (Å²) in [6.45, 7) is -0.126. The first-order chi connectivity index (χ1) is 9.69. The first-order valence-corrected chi connectivity index (χ1v) is 6.43. The number of carbonyl (C=O) groups excluding carboxylic acids is 1. The highest BCUT2D eigenvalue weighted by Gasteiger charge is 2.13. The maximum absolute atomic E-state index is 12.0. The Bertz CT molecular complexity index is 552. The van der Waals surface area contributed by atoms with Gasteiger partial charge in [0.2, 0.25) is 0 Å². The number of rotatable bonds is 5. The number of aliphatic hydroxyl groups excluding tert-OH is 1. The minimum atomic E-state index is -0.335. The van der Waals surface area contributed by atoms with E-state index in [0.717, 1.165) is 5.56 Å². The molecule has 0 spiro atoms. The van der Waals surface area contributed by atoms with Crippen LogP contribution in [0.15, 0.2) is 54.6 Å². The van der Waals surface area contributed by atoms with Crippen molar-refractivity contribution in [3.8, 4) is 5.75 Å². The Morgan fingerprint density at radius 2 is 1.70 bits per heavy atom. The normalized spacial score (nSPS) is 11.8. The van der Waals surface area contributed by atoms with E-state index >= 15 is 0 Å². The van der Waals surface area contributed by atoms with Gasteiger partial charge in [0, 0.05) is 5.56 Å². The molecule has 0 heterocycles. The predicted molar refractivity (Wildman–Crippen MR) is 76.6 cm³/mol. The molecular weight excluding hydrogens is 254 g/mol. The van der Waals surface area contributed by atoms with Crippen molar-refractivity contribution in [2.24, 2.45) is 0 Å². The first kappa shape index (κ1) is 14.1. The van der Waals surface area contributed by atoms with Gasteiger partial charge in [-0.2, -0.15) is 0 Å². The molecule has 1 atom stereocenters. The average molecular weight is 271 g/mol. The Kier molecular flexibility index (Phi) is 4.74. The van der Waals surface area contributed by atoms with E-state index in [9.17, 15) is 15.0 Å². The minimum Gasteiger partial charge on any atom is -0.508 e. The maximum atomic E-state index is 12.0. The molecule has 4 heteroatoms. The predicted octanol–water partition coefficient (Wildman–Crippen LogP) is 1.73. The number of phenols is 1. The van der Waals surface area contributed by atoms with E-state index in [1.54, 1.807) is 12.1 Å². The van der Waals surface area contributed by atoms with E-state index in [1.807, 2.05) is 30.3 Å². The zero-order valence-corrected chi connectivity index (χ0v) is 11.0. The number of aromatic hydroxyl groups is 1. The van der Waals surface area contributed by atoms with Crippen LogP contribution in [0.4, 0.5) is 0 Å². The fourth-order valence-corrected chi connectivity index (χ4v) is 1.94. The summed E-state index contributed by atoms with van der Waals surface area (Å²) in [5.41, 5.74) is 1.51. The Labute approximate surface area is 117 Å². The molecule has 4 nitrogen and oxygen atoms in total. The molecule has 104 valence electrons. The zero-order valence-electron chi connectivity index (χ0n) is 11.0. The summed E-state index contributed by atoms with van der Waals surface area (Å²) < 4.78 is 0. The number of hydrogen-bond donors (Lipinski definition) is 3. The third-order valence-electron chi connectivity index (χ3n) is 3.01. The van der Waals surface area contributed by atoms with Gasteiger partial charge in [0.1, 0.15) is 5.75 Å². The summed E-state index contributed by atoms with van der Waals surface area (Å²) in [6, 6.07) is 15.3. The lowest BCUT2D eigenvalue weighted by molar-refractivity contribution is 0.0916. The second-order valence-electron chi connectivity index (χ2n) is 4.59. The molecule has 0 bridgehead atoms. The summed E-state index contributed by atoms with van der Waals surface area (Å²) in [4.78, 5) is 12.0. The van der Waals surface area contributed by atoms with E-state index in [2.05, 4.69) is 5.32 Å². The van der Waals surface area contributed by atoms with Crippen LogP contribution in [0.3, 0.4) is 0 Å². The summed E-state index contributed by atoms with van der Waals surface area (Å²) in [5, 5.41) is 21.3. The molecular formula is C16H17NO3. The summed E-state index contributed by atoms with van der Waals surface area (Å²) in [5.74, 6) is -0.149. The van der Waals surface area contributed by atoms with Gasteiger partial charge in [0.25, 0.3) is 5.91 Å². The van der Waals surface area contributed by atoms with Crippen molar-refractivity contribution in [3.05, 3.63) is 65.7 Å². The molecule has 2 aromatic carbocycles. The largest absolute Gasteiger partial charge is 0.508 e. The molecule has 1 amide bonds. The number of nitrogens with one attached hydrogen (secondary N) is 1. The number of phenolic OH excluding ortho intramolecular Hbond substituents is 1. The summed E-state index contributed by atoms with van der Waals surface area (Å²) in [7, 11) is 0. The van der Waals surface area contributed by atoms with Crippen LogP contribution in [-0.2, 0) is 6.42 Å². The summed E-state index contributed by atoms with van der Waals surface area (Å²) >= 11 is 0. The van der Waals surface area contributed by atoms with Crippen molar-refractivity contribution in [2.45, 2.75) is 12.5 Å². The number of carbonyl (C=O) groups is 1. The number of aliphatic hydroxyl groups is 1. The minimum absolute atomic E-state index is 0.115. The van der Waals surface area contributed by atoms with Gasteiger partial charge in [0.05, 0.1) is 12.6 Å². The van der Waals surface area contributed by atoms with E-state index in [4.69, 9.17) is 0 Å². The van der Waals surface area contributed by atoms with Crippen LogP contribution in [-0.4, -0.2) is 28.8 Å². The maximum Gasteiger partial charge on any atom is 0.251 e. The van der Waals surface area contributed by atoms with E-state index in [0.29, 0.717) is 12.0 Å². The van der Waals surface area contributed by atoms with Gasteiger partial charge in [0.15, 0.2) is 0 Å².